The number of methoxy groups -OCH3 is 2. The average Bonchev–Trinajstić information content (AvgIpc) is 2.66. The van der Waals surface area contributed by atoms with E-state index in [-0.39, 0.29) is 34.7 Å². The monoisotopic (exact) mass is 426 g/mol. The number of hydrogen-bond donors (Lipinski definition) is 2. The molecule has 3 rings (SSSR count). The number of nitrogen functional groups attached to an aromatic ring is 1. The quantitative estimate of drug-likeness (QED) is 0.562. The summed E-state index contributed by atoms with van der Waals surface area (Å²) in [7, 11) is -1.22. The molecule has 1 aliphatic carbocycles. The van der Waals surface area contributed by atoms with E-state index in [0.717, 1.165) is 24.0 Å². The van der Waals surface area contributed by atoms with Gasteiger partial charge in [-0.05, 0) is 60.7 Å². The molecule has 9 heteroatoms. The molecule has 0 heterocycles. The Kier molecular flexibility index (Phi) is 6.92. The minimum atomic E-state index is -3.85. The molecule has 0 bridgehead atoms. The molecule has 1 atom stereocenters. The first-order valence-corrected chi connectivity index (χ1v) is 10.0. The second-order valence-corrected chi connectivity index (χ2v) is 8.09. The molecule has 2 aromatic rings. The summed E-state index contributed by atoms with van der Waals surface area (Å²) in [6.45, 7) is 0. The number of carbonyl (C=O) groups is 1. The first-order valence-electron chi connectivity index (χ1n) is 8.52. The van der Waals surface area contributed by atoms with Crippen LogP contribution in [0.2, 0.25) is 0 Å². The molecule has 1 unspecified atom stereocenters. The molecular formula is C19H23ClN2O5S. The van der Waals surface area contributed by atoms with Gasteiger partial charge >= 0.3 is 5.97 Å². The smallest absolute Gasteiger partial charge is 0.341 e. The maximum absolute atomic E-state index is 12.9. The zero-order valence-electron chi connectivity index (χ0n) is 15.6. The van der Waals surface area contributed by atoms with Crippen LogP contribution in [0.15, 0.2) is 41.3 Å². The number of carbonyl (C=O) groups excluding carboxylic acids is 1. The molecule has 7 nitrogen and oxygen atoms in total. The molecule has 0 saturated heterocycles. The number of fused-ring (bicyclic) bond motifs is 1. The molecule has 0 fully saturated rings. The van der Waals surface area contributed by atoms with E-state index in [4.69, 9.17) is 15.2 Å². The molecule has 0 radical (unpaired) electrons. The Hall–Kier alpha value is -2.29. The molecule has 3 N–H and O–H groups in total. The van der Waals surface area contributed by atoms with Crippen molar-refractivity contribution < 1.29 is 22.7 Å². The van der Waals surface area contributed by atoms with Gasteiger partial charge in [-0.2, -0.15) is 0 Å². The van der Waals surface area contributed by atoms with E-state index in [1.807, 2.05) is 12.1 Å². The van der Waals surface area contributed by atoms with Crippen LogP contribution in [-0.2, 0) is 21.2 Å². The lowest BCUT2D eigenvalue weighted by molar-refractivity contribution is 0.0597. The molecule has 0 aliphatic heterocycles. The minimum Gasteiger partial charge on any atom is -0.496 e. The highest BCUT2D eigenvalue weighted by molar-refractivity contribution is 7.89. The number of rotatable bonds is 5. The van der Waals surface area contributed by atoms with Crippen LogP contribution >= 0.6 is 12.4 Å². The van der Waals surface area contributed by atoms with Crippen molar-refractivity contribution in [3.05, 3.63) is 53.1 Å². The summed E-state index contributed by atoms with van der Waals surface area (Å²) in [6.07, 6.45) is 2.42. The van der Waals surface area contributed by atoms with Crippen molar-refractivity contribution in [3.8, 4) is 5.75 Å². The van der Waals surface area contributed by atoms with Crippen LogP contribution in [0.25, 0.3) is 0 Å². The summed E-state index contributed by atoms with van der Waals surface area (Å²) in [5.74, 6) is -0.415. The Balaban J connectivity index is 0.00000280. The first kappa shape index (κ1) is 22.0. The van der Waals surface area contributed by atoms with Gasteiger partial charge in [0, 0.05) is 11.7 Å². The van der Waals surface area contributed by atoms with Gasteiger partial charge in [-0.3, -0.25) is 0 Å². The number of ether oxygens (including phenoxy) is 2. The van der Waals surface area contributed by atoms with Crippen molar-refractivity contribution in [2.45, 2.75) is 30.2 Å². The summed E-state index contributed by atoms with van der Waals surface area (Å²) in [5, 5.41) is 0. The van der Waals surface area contributed by atoms with E-state index < -0.39 is 16.0 Å². The fourth-order valence-corrected chi connectivity index (χ4v) is 4.61. The lowest BCUT2D eigenvalue weighted by Crippen LogP contribution is -2.31. The summed E-state index contributed by atoms with van der Waals surface area (Å²) < 4.78 is 38.4. The Morgan fingerprint density at radius 2 is 1.93 bits per heavy atom. The zero-order chi connectivity index (χ0) is 19.6. The lowest BCUT2D eigenvalue weighted by atomic mass is 9.88. The summed E-state index contributed by atoms with van der Waals surface area (Å²) in [6, 6.07) is 9.29. The molecule has 2 aromatic carbocycles. The molecule has 0 spiro atoms. The van der Waals surface area contributed by atoms with Gasteiger partial charge < -0.3 is 15.2 Å². The highest BCUT2D eigenvalue weighted by Gasteiger charge is 2.27. The fraction of sp³-hybridized carbons (Fsp3) is 0.316. The number of esters is 1. The molecule has 152 valence electrons. The molecule has 0 saturated carbocycles. The van der Waals surface area contributed by atoms with Gasteiger partial charge in [0.15, 0.2) is 0 Å². The topological polar surface area (TPSA) is 108 Å². The van der Waals surface area contributed by atoms with E-state index in [1.165, 1.54) is 32.4 Å². The number of nitrogens with two attached hydrogens (primary N) is 1. The van der Waals surface area contributed by atoms with Crippen LogP contribution in [0.1, 0.15) is 40.4 Å². The minimum absolute atomic E-state index is 0. The number of nitrogens with one attached hydrogen (secondary N) is 1. The van der Waals surface area contributed by atoms with Gasteiger partial charge in [0.25, 0.3) is 0 Å². The van der Waals surface area contributed by atoms with E-state index >= 15 is 0 Å². The predicted molar refractivity (Wildman–Crippen MR) is 108 cm³/mol. The molecule has 1 aliphatic rings. The molecule has 28 heavy (non-hydrogen) atoms. The fourth-order valence-electron chi connectivity index (χ4n) is 3.34. The number of halogens is 1. The Bertz CT molecular complexity index is 978. The number of sulfonamides is 1. The standard InChI is InChI=1S/C19H22N2O5S.ClH/c1-25-18-9-7-14(11-16(18)19(22)26-2)27(23,24)21-17-5-3-4-12-10-13(20)6-8-15(12)17;/h6-11,17,21H,3-5,20H2,1-2H3;1H. The Morgan fingerprint density at radius 1 is 1.18 bits per heavy atom. The highest BCUT2D eigenvalue weighted by Crippen LogP contribution is 2.32. The second kappa shape index (κ2) is 8.81. The van der Waals surface area contributed by atoms with Gasteiger partial charge in [-0.1, -0.05) is 6.07 Å². The van der Waals surface area contributed by atoms with E-state index in [2.05, 4.69) is 4.72 Å². The first-order chi connectivity index (χ1) is 12.9. The largest absolute Gasteiger partial charge is 0.496 e. The van der Waals surface area contributed by atoms with Gasteiger partial charge in [-0.25, -0.2) is 17.9 Å². The Labute approximate surface area is 170 Å². The molecular weight excluding hydrogens is 404 g/mol. The van der Waals surface area contributed by atoms with Crippen LogP contribution in [0.4, 0.5) is 5.69 Å². The van der Waals surface area contributed by atoms with Crippen LogP contribution in [0.5, 0.6) is 5.75 Å². The van der Waals surface area contributed by atoms with Crippen molar-refractivity contribution in [2.75, 3.05) is 20.0 Å². The van der Waals surface area contributed by atoms with Gasteiger partial charge in [0.05, 0.1) is 19.1 Å². The van der Waals surface area contributed by atoms with Gasteiger partial charge in [0.1, 0.15) is 11.3 Å². The van der Waals surface area contributed by atoms with Crippen molar-refractivity contribution in [3.63, 3.8) is 0 Å². The van der Waals surface area contributed by atoms with E-state index in [0.29, 0.717) is 12.1 Å². The summed E-state index contributed by atoms with van der Waals surface area (Å²) >= 11 is 0. The predicted octanol–water partition coefficient (Wildman–Crippen LogP) is 2.84. The Morgan fingerprint density at radius 3 is 2.61 bits per heavy atom. The van der Waals surface area contributed by atoms with Crippen molar-refractivity contribution in [1.82, 2.24) is 4.72 Å². The number of benzene rings is 2. The van der Waals surface area contributed by atoms with Crippen molar-refractivity contribution in [2.24, 2.45) is 0 Å². The van der Waals surface area contributed by atoms with Gasteiger partial charge in [0.2, 0.25) is 10.0 Å². The van der Waals surface area contributed by atoms with Crippen molar-refractivity contribution in [1.29, 1.82) is 0 Å². The van der Waals surface area contributed by atoms with Crippen LogP contribution in [-0.4, -0.2) is 28.6 Å². The average molecular weight is 427 g/mol. The summed E-state index contributed by atoms with van der Waals surface area (Å²) in [5.41, 5.74) is 8.54. The highest BCUT2D eigenvalue weighted by atomic mass is 35.5. The SMILES string of the molecule is COC(=O)c1cc(S(=O)(=O)NC2CCCc3cc(N)ccc32)ccc1OC.Cl. The zero-order valence-corrected chi connectivity index (χ0v) is 17.2. The van der Waals surface area contributed by atoms with Crippen molar-refractivity contribution >= 4 is 34.1 Å². The molecule has 0 aromatic heterocycles. The molecule has 0 amide bonds. The number of hydrogen-bond acceptors (Lipinski definition) is 6. The van der Waals surface area contributed by atoms with Gasteiger partial charge in [-0.15, -0.1) is 12.4 Å². The van der Waals surface area contributed by atoms with Crippen LogP contribution in [0, 0.1) is 0 Å². The van der Waals surface area contributed by atoms with E-state index in [1.54, 1.807) is 6.07 Å². The maximum atomic E-state index is 12.9. The third kappa shape index (κ3) is 4.40. The lowest BCUT2D eigenvalue weighted by Gasteiger charge is -2.26. The third-order valence-electron chi connectivity index (χ3n) is 4.67. The van der Waals surface area contributed by atoms with E-state index in [9.17, 15) is 13.2 Å². The maximum Gasteiger partial charge on any atom is 0.341 e. The number of aryl methyl sites for hydroxylation is 1. The van der Waals surface area contributed by atoms with Crippen LogP contribution in [0.3, 0.4) is 0 Å². The van der Waals surface area contributed by atoms with Crippen LogP contribution < -0.4 is 15.2 Å². The number of anilines is 1. The second-order valence-electron chi connectivity index (χ2n) is 6.38. The summed E-state index contributed by atoms with van der Waals surface area (Å²) in [4.78, 5) is 11.9. The normalized spacial score (nSPS) is 15.9. The third-order valence-corrected chi connectivity index (χ3v) is 6.13.